The van der Waals surface area contributed by atoms with Crippen LogP contribution in [0.25, 0.3) is 0 Å². The summed E-state index contributed by atoms with van der Waals surface area (Å²) in [5.74, 6) is -0.391. The summed E-state index contributed by atoms with van der Waals surface area (Å²) < 4.78 is 5.58. The van der Waals surface area contributed by atoms with E-state index in [4.69, 9.17) is 16.3 Å². The highest BCUT2D eigenvalue weighted by atomic mass is 35.5. The number of nitrogens with zero attached hydrogens (tertiary/aromatic N) is 1. The summed E-state index contributed by atoms with van der Waals surface area (Å²) in [7, 11) is 0. The molecule has 126 valence electrons. The van der Waals surface area contributed by atoms with E-state index < -0.39 is 0 Å². The van der Waals surface area contributed by atoms with Gasteiger partial charge in [-0.15, -0.1) is 11.3 Å². The second kappa shape index (κ2) is 8.45. The van der Waals surface area contributed by atoms with Crippen molar-refractivity contribution in [1.82, 2.24) is 4.90 Å². The Balaban J connectivity index is 1.75. The molecule has 2 heterocycles. The third-order valence-corrected chi connectivity index (χ3v) is 5.15. The smallest absolute Gasteiger partial charge is 0.309 e. The molecule has 1 aromatic rings. The number of carbonyl (C=O) groups excluding carboxylic acids is 3. The van der Waals surface area contributed by atoms with E-state index in [9.17, 15) is 14.4 Å². The maximum atomic E-state index is 12.2. The van der Waals surface area contributed by atoms with E-state index in [0.29, 0.717) is 41.8 Å². The highest BCUT2D eigenvalue weighted by Crippen LogP contribution is 2.24. The average Bonchev–Trinajstić information content (AvgIpc) is 2.99. The molecule has 0 aliphatic carbocycles. The normalized spacial score (nSPS) is 15.5. The van der Waals surface area contributed by atoms with Crippen LogP contribution in [0, 0.1) is 5.92 Å². The summed E-state index contributed by atoms with van der Waals surface area (Å²) >= 11 is 7.03. The first-order valence-electron chi connectivity index (χ1n) is 7.74. The highest BCUT2D eigenvalue weighted by Gasteiger charge is 2.28. The third-order valence-electron chi connectivity index (χ3n) is 3.88. The molecule has 0 atom stereocenters. The predicted octanol–water partition coefficient (Wildman–Crippen LogP) is 3.17. The van der Waals surface area contributed by atoms with Gasteiger partial charge in [-0.3, -0.25) is 14.4 Å². The second-order valence-electron chi connectivity index (χ2n) is 5.43. The van der Waals surface area contributed by atoms with E-state index in [2.05, 4.69) is 0 Å². The number of carbonyl (C=O) groups is 3. The molecule has 1 aliphatic rings. The summed E-state index contributed by atoms with van der Waals surface area (Å²) in [6.07, 6.45) is 1.63. The fraction of sp³-hybridized carbons (Fsp3) is 0.562. The van der Waals surface area contributed by atoms with Crippen molar-refractivity contribution >= 4 is 40.6 Å². The van der Waals surface area contributed by atoms with Gasteiger partial charge in [0.15, 0.2) is 5.78 Å². The van der Waals surface area contributed by atoms with Crippen molar-refractivity contribution in [2.75, 3.05) is 19.7 Å². The van der Waals surface area contributed by atoms with Crippen molar-refractivity contribution < 1.29 is 19.1 Å². The van der Waals surface area contributed by atoms with Crippen molar-refractivity contribution in [3.8, 4) is 0 Å². The third kappa shape index (κ3) is 5.04. The van der Waals surface area contributed by atoms with Gasteiger partial charge >= 0.3 is 5.97 Å². The van der Waals surface area contributed by atoms with Gasteiger partial charge in [-0.25, -0.2) is 0 Å². The first-order valence-corrected chi connectivity index (χ1v) is 8.93. The molecule has 2 rings (SSSR count). The molecule has 0 bridgehead atoms. The molecule has 0 aromatic carbocycles. The molecule has 1 aliphatic heterocycles. The van der Waals surface area contributed by atoms with Gasteiger partial charge in [0.25, 0.3) is 0 Å². The predicted molar refractivity (Wildman–Crippen MR) is 88.8 cm³/mol. The average molecular weight is 358 g/mol. The van der Waals surface area contributed by atoms with Crippen LogP contribution in [0.3, 0.4) is 0 Å². The van der Waals surface area contributed by atoms with Gasteiger partial charge in [0, 0.05) is 25.9 Å². The first-order chi connectivity index (χ1) is 11.0. The van der Waals surface area contributed by atoms with Gasteiger partial charge in [-0.05, 0) is 31.9 Å². The molecule has 1 amide bonds. The summed E-state index contributed by atoms with van der Waals surface area (Å²) in [5.41, 5.74) is 0. The van der Waals surface area contributed by atoms with Crippen LogP contribution in [-0.4, -0.2) is 42.3 Å². The molecular formula is C16H20ClNO4S. The van der Waals surface area contributed by atoms with E-state index in [1.807, 2.05) is 0 Å². The van der Waals surface area contributed by atoms with Crippen LogP contribution in [0.2, 0.25) is 4.34 Å². The Morgan fingerprint density at radius 1 is 1.26 bits per heavy atom. The number of Topliss-reactive ketones (excluding diaryl/α,β-unsaturated/α-hetero) is 1. The Kier molecular flexibility index (Phi) is 6.59. The van der Waals surface area contributed by atoms with Crippen molar-refractivity contribution in [2.24, 2.45) is 5.92 Å². The fourth-order valence-corrected chi connectivity index (χ4v) is 3.60. The quantitative estimate of drug-likeness (QED) is 0.579. The SMILES string of the molecule is CCOC(=O)C1CCN(C(=O)CCC(=O)c2ccc(Cl)s2)CC1. The van der Waals surface area contributed by atoms with Crippen LogP contribution in [0.1, 0.15) is 42.3 Å². The number of piperidine rings is 1. The van der Waals surface area contributed by atoms with Crippen LogP contribution in [0.5, 0.6) is 0 Å². The van der Waals surface area contributed by atoms with E-state index in [-0.39, 0.29) is 36.4 Å². The van der Waals surface area contributed by atoms with Gasteiger partial charge in [0.05, 0.1) is 21.7 Å². The van der Waals surface area contributed by atoms with Gasteiger partial charge in [0.1, 0.15) is 0 Å². The monoisotopic (exact) mass is 357 g/mol. The molecular weight excluding hydrogens is 338 g/mol. The minimum atomic E-state index is -0.177. The van der Waals surface area contributed by atoms with Gasteiger partial charge < -0.3 is 9.64 Å². The number of halogens is 1. The number of rotatable bonds is 6. The maximum absolute atomic E-state index is 12.2. The Bertz CT molecular complexity index is 578. The van der Waals surface area contributed by atoms with E-state index in [1.165, 1.54) is 11.3 Å². The summed E-state index contributed by atoms with van der Waals surface area (Å²) in [6, 6.07) is 3.37. The number of ether oxygens (including phenoxy) is 1. The zero-order valence-corrected chi connectivity index (χ0v) is 14.6. The molecule has 5 nitrogen and oxygen atoms in total. The lowest BCUT2D eigenvalue weighted by molar-refractivity contribution is -0.151. The van der Waals surface area contributed by atoms with Gasteiger partial charge in [-0.1, -0.05) is 11.6 Å². The molecule has 23 heavy (non-hydrogen) atoms. The van der Waals surface area contributed by atoms with Crippen molar-refractivity contribution in [1.29, 1.82) is 0 Å². The molecule has 0 N–H and O–H groups in total. The van der Waals surface area contributed by atoms with Crippen LogP contribution < -0.4 is 0 Å². The number of likely N-dealkylation sites (tertiary alicyclic amines) is 1. The zero-order chi connectivity index (χ0) is 16.8. The summed E-state index contributed by atoms with van der Waals surface area (Å²) in [6.45, 7) is 3.25. The maximum Gasteiger partial charge on any atom is 0.309 e. The Morgan fingerprint density at radius 3 is 2.52 bits per heavy atom. The Hall–Kier alpha value is -1.40. The number of hydrogen-bond donors (Lipinski definition) is 0. The molecule has 0 unspecified atom stereocenters. The van der Waals surface area contributed by atoms with E-state index >= 15 is 0 Å². The number of esters is 1. The lowest BCUT2D eigenvalue weighted by Gasteiger charge is -2.30. The lowest BCUT2D eigenvalue weighted by Crippen LogP contribution is -2.40. The standard InChI is InChI=1S/C16H20ClNO4S/c1-2-22-16(21)11-7-9-18(10-8-11)15(20)6-3-12(19)13-4-5-14(17)23-13/h4-5,11H,2-3,6-10H2,1H3. The fourth-order valence-electron chi connectivity index (χ4n) is 2.59. The van der Waals surface area contributed by atoms with Gasteiger partial charge in [-0.2, -0.15) is 0 Å². The topological polar surface area (TPSA) is 63.7 Å². The molecule has 7 heteroatoms. The lowest BCUT2D eigenvalue weighted by atomic mass is 9.96. The van der Waals surface area contributed by atoms with Crippen molar-refractivity contribution in [3.05, 3.63) is 21.3 Å². The number of hydrogen-bond acceptors (Lipinski definition) is 5. The Labute approximate surface area is 144 Å². The molecule has 1 aromatic heterocycles. The van der Waals surface area contributed by atoms with Crippen LogP contribution in [0.4, 0.5) is 0 Å². The minimum absolute atomic E-state index is 0.0386. The summed E-state index contributed by atoms with van der Waals surface area (Å²) in [5, 5.41) is 0. The van der Waals surface area contributed by atoms with Gasteiger partial charge in [0.2, 0.25) is 5.91 Å². The molecule has 1 saturated heterocycles. The second-order valence-corrected chi connectivity index (χ2v) is 7.15. The number of ketones is 1. The number of thiophene rings is 1. The highest BCUT2D eigenvalue weighted by molar-refractivity contribution is 7.18. The minimum Gasteiger partial charge on any atom is -0.466 e. The molecule has 0 saturated carbocycles. The Morgan fingerprint density at radius 2 is 1.96 bits per heavy atom. The van der Waals surface area contributed by atoms with E-state index in [0.717, 1.165) is 0 Å². The van der Waals surface area contributed by atoms with Crippen LogP contribution in [-0.2, 0) is 14.3 Å². The first kappa shape index (κ1) is 17.9. The number of amides is 1. The summed E-state index contributed by atoms with van der Waals surface area (Å²) in [4.78, 5) is 38.1. The molecule has 1 fully saturated rings. The largest absolute Gasteiger partial charge is 0.466 e. The molecule has 0 radical (unpaired) electrons. The van der Waals surface area contributed by atoms with E-state index in [1.54, 1.807) is 24.0 Å². The van der Waals surface area contributed by atoms with Crippen molar-refractivity contribution in [3.63, 3.8) is 0 Å². The van der Waals surface area contributed by atoms with Crippen molar-refractivity contribution in [2.45, 2.75) is 32.6 Å². The van der Waals surface area contributed by atoms with Crippen LogP contribution in [0.15, 0.2) is 12.1 Å². The van der Waals surface area contributed by atoms with Crippen LogP contribution >= 0.6 is 22.9 Å². The molecule has 0 spiro atoms. The zero-order valence-electron chi connectivity index (χ0n) is 13.0.